The van der Waals surface area contributed by atoms with Crippen LogP contribution in [0.2, 0.25) is 0 Å². The molecule has 1 aromatic carbocycles. The number of rotatable bonds is 4. The molecule has 2 aliphatic rings. The van der Waals surface area contributed by atoms with Crippen LogP contribution in [0.1, 0.15) is 40.2 Å². The number of amides is 2. The lowest BCUT2D eigenvalue weighted by atomic mass is 9.93. The standard InChI is InChI=1S/C23H29N3O4S/c1-23(2)13-17-18(15-30-23)31-20(19(17)21(27)29-3)24-22(28)26-11-9-25(10-12-26)14-16-7-5-4-6-8-16/h4-8H,9-15H2,1-3H3,(H,24,28). The largest absolute Gasteiger partial charge is 0.465 e. The second-order valence-electron chi connectivity index (χ2n) is 8.60. The van der Waals surface area contributed by atoms with Crippen molar-refractivity contribution in [2.45, 2.75) is 39.0 Å². The molecule has 8 heteroatoms. The van der Waals surface area contributed by atoms with E-state index >= 15 is 0 Å². The monoisotopic (exact) mass is 443 g/mol. The van der Waals surface area contributed by atoms with Crippen molar-refractivity contribution >= 4 is 28.3 Å². The molecule has 3 heterocycles. The molecule has 1 N–H and O–H groups in total. The fourth-order valence-electron chi connectivity index (χ4n) is 4.09. The van der Waals surface area contributed by atoms with Gasteiger partial charge in [-0.25, -0.2) is 9.59 Å². The number of hydrogen-bond donors (Lipinski definition) is 1. The van der Waals surface area contributed by atoms with Crippen LogP contribution in [0.5, 0.6) is 0 Å². The van der Waals surface area contributed by atoms with Crippen LogP contribution in [0, 0.1) is 0 Å². The Morgan fingerprint density at radius 1 is 1.16 bits per heavy atom. The maximum absolute atomic E-state index is 13.0. The molecule has 2 aromatic rings. The highest BCUT2D eigenvalue weighted by atomic mass is 32.1. The molecule has 2 aliphatic heterocycles. The van der Waals surface area contributed by atoms with Gasteiger partial charge < -0.3 is 14.4 Å². The zero-order valence-electron chi connectivity index (χ0n) is 18.3. The highest BCUT2D eigenvalue weighted by molar-refractivity contribution is 7.17. The molecular formula is C23H29N3O4S. The minimum absolute atomic E-state index is 0.178. The topological polar surface area (TPSA) is 71.1 Å². The Hall–Kier alpha value is -2.42. The van der Waals surface area contributed by atoms with Crippen molar-refractivity contribution in [1.82, 2.24) is 9.80 Å². The molecule has 0 radical (unpaired) electrons. The molecule has 2 amide bonds. The molecule has 1 aromatic heterocycles. The normalized spacial score (nSPS) is 18.4. The number of carbonyl (C=O) groups excluding carboxylic acids is 2. The molecule has 166 valence electrons. The third kappa shape index (κ3) is 4.92. The Bertz CT molecular complexity index is 949. The van der Waals surface area contributed by atoms with E-state index in [-0.39, 0.29) is 11.6 Å². The summed E-state index contributed by atoms with van der Waals surface area (Å²) in [5.74, 6) is -0.418. The lowest BCUT2D eigenvalue weighted by Gasteiger charge is -2.34. The summed E-state index contributed by atoms with van der Waals surface area (Å²) in [6.45, 7) is 8.25. The van der Waals surface area contributed by atoms with E-state index in [2.05, 4.69) is 22.3 Å². The number of hydrogen-bond acceptors (Lipinski definition) is 6. The van der Waals surface area contributed by atoms with Crippen LogP contribution < -0.4 is 5.32 Å². The molecule has 0 spiro atoms. The van der Waals surface area contributed by atoms with Gasteiger partial charge in [-0.15, -0.1) is 11.3 Å². The summed E-state index contributed by atoms with van der Waals surface area (Å²) in [6.07, 6.45) is 0.608. The number of ether oxygens (including phenoxy) is 2. The minimum Gasteiger partial charge on any atom is -0.465 e. The number of nitrogens with zero attached hydrogens (tertiary/aromatic N) is 2. The lowest BCUT2D eigenvalue weighted by molar-refractivity contribution is -0.0384. The average Bonchev–Trinajstić information content (AvgIpc) is 3.10. The molecule has 0 saturated carbocycles. The number of nitrogens with one attached hydrogen (secondary N) is 1. The van der Waals surface area contributed by atoms with Crippen LogP contribution >= 0.6 is 11.3 Å². The molecule has 7 nitrogen and oxygen atoms in total. The number of fused-ring (bicyclic) bond motifs is 1. The predicted octanol–water partition coefficient (Wildman–Crippen LogP) is 3.74. The predicted molar refractivity (Wildman–Crippen MR) is 121 cm³/mol. The van der Waals surface area contributed by atoms with Crippen molar-refractivity contribution in [1.29, 1.82) is 0 Å². The molecule has 0 unspecified atom stereocenters. The van der Waals surface area contributed by atoms with Crippen LogP contribution in [-0.2, 0) is 29.0 Å². The Morgan fingerprint density at radius 2 is 1.87 bits per heavy atom. The lowest BCUT2D eigenvalue weighted by Crippen LogP contribution is -2.49. The maximum Gasteiger partial charge on any atom is 0.341 e. The molecule has 1 saturated heterocycles. The van der Waals surface area contributed by atoms with Gasteiger partial charge in [-0.2, -0.15) is 0 Å². The van der Waals surface area contributed by atoms with Crippen molar-refractivity contribution in [3.63, 3.8) is 0 Å². The molecule has 0 bridgehead atoms. The van der Waals surface area contributed by atoms with Crippen LogP contribution in [0.3, 0.4) is 0 Å². The second-order valence-corrected chi connectivity index (χ2v) is 9.71. The summed E-state index contributed by atoms with van der Waals surface area (Å²) in [5.41, 5.74) is 2.32. The molecule has 0 aliphatic carbocycles. The van der Waals surface area contributed by atoms with Gasteiger partial charge in [0.15, 0.2) is 0 Å². The first-order valence-corrected chi connectivity index (χ1v) is 11.4. The molecule has 4 rings (SSSR count). The summed E-state index contributed by atoms with van der Waals surface area (Å²) in [6, 6.07) is 10.2. The smallest absolute Gasteiger partial charge is 0.341 e. The van der Waals surface area contributed by atoms with Crippen LogP contribution in [0.25, 0.3) is 0 Å². The van der Waals surface area contributed by atoms with E-state index in [1.807, 2.05) is 36.9 Å². The van der Waals surface area contributed by atoms with Gasteiger partial charge in [-0.3, -0.25) is 10.2 Å². The molecule has 31 heavy (non-hydrogen) atoms. The highest BCUT2D eigenvalue weighted by Gasteiger charge is 2.34. The van der Waals surface area contributed by atoms with Crippen molar-refractivity contribution in [2.75, 3.05) is 38.6 Å². The van der Waals surface area contributed by atoms with Crippen molar-refractivity contribution in [2.24, 2.45) is 0 Å². The second kappa shape index (κ2) is 8.98. The van der Waals surface area contributed by atoms with Crippen LogP contribution in [-0.4, -0.2) is 60.7 Å². The fourth-order valence-corrected chi connectivity index (χ4v) is 5.19. The number of esters is 1. The summed E-state index contributed by atoms with van der Waals surface area (Å²) in [7, 11) is 1.37. The van der Waals surface area contributed by atoms with Crippen LogP contribution in [0.4, 0.5) is 9.80 Å². The van der Waals surface area contributed by atoms with Gasteiger partial charge >= 0.3 is 12.0 Å². The fraction of sp³-hybridized carbons (Fsp3) is 0.478. The van der Waals surface area contributed by atoms with Crippen molar-refractivity contribution < 1.29 is 19.1 Å². The van der Waals surface area contributed by atoms with E-state index < -0.39 is 5.97 Å². The van der Waals surface area contributed by atoms with Gasteiger partial charge in [0.05, 0.1) is 24.9 Å². The van der Waals surface area contributed by atoms with E-state index in [9.17, 15) is 9.59 Å². The first-order chi connectivity index (χ1) is 14.9. The van der Waals surface area contributed by atoms with Gasteiger partial charge in [-0.1, -0.05) is 30.3 Å². The summed E-state index contributed by atoms with van der Waals surface area (Å²) in [4.78, 5) is 30.6. The first-order valence-electron chi connectivity index (χ1n) is 10.6. The van der Waals surface area contributed by atoms with E-state index in [4.69, 9.17) is 9.47 Å². The number of thiophene rings is 1. The number of methoxy groups -OCH3 is 1. The number of benzene rings is 1. The van der Waals surface area contributed by atoms with Gasteiger partial charge in [-0.05, 0) is 25.0 Å². The molecular weight excluding hydrogens is 414 g/mol. The minimum atomic E-state index is -0.418. The van der Waals surface area contributed by atoms with E-state index in [1.165, 1.54) is 24.0 Å². The van der Waals surface area contributed by atoms with Crippen LogP contribution in [0.15, 0.2) is 30.3 Å². The number of urea groups is 1. The van der Waals surface area contributed by atoms with E-state index in [1.54, 1.807) is 0 Å². The number of carbonyl (C=O) groups is 2. The molecule has 1 fully saturated rings. The molecule has 0 atom stereocenters. The third-order valence-electron chi connectivity index (χ3n) is 5.81. The third-order valence-corrected chi connectivity index (χ3v) is 6.93. The zero-order chi connectivity index (χ0) is 22.0. The Morgan fingerprint density at radius 3 is 2.55 bits per heavy atom. The van der Waals surface area contributed by atoms with Gasteiger partial charge in [0.25, 0.3) is 0 Å². The van der Waals surface area contributed by atoms with E-state index in [0.717, 1.165) is 30.1 Å². The SMILES string of the molecule is COC(=O)c1c(NC(=O)N2CCN(Cc3ccccc3)CC2)sc2c1CC(C)(C)OC2. The van der Waals surface area contributed by atoms with Crippen molar-refractivity contribution in [3.8, 4) is 0 Å². The van der Waals surface area contributed by atoms with Gasteiger partial charge in [0.2, 0.25) is 0 Å². The average molecular weight is 444 g/mol. The number of anilines is 1. The Kier molecular flexibility index (Phi) is 6.31. The highest BCUT2D eigenvalue weighted by Crippen LogP contribution is 2.40. The Labute approximate surface area is 186 Å². The van der Waals surface area contributed by atoms with Gasteiger partial charge in [0, 0.05) is 44.0 Å². The summed E-state index contributed by atoms with van der Waals surface area (Å²) in [5, 5.41) is 3.53. The summed E-state index contributed by atoms with van der Waals surface area (Å²) >= 11 is 1.41. The number of piperazine rings is 1. The Balaban J connectivity index is 1.42. The van der Waals surface area contributed by atoms with Gasteiger partial charge in [0.1, 0.15) is 5.00 Å². The summed E-state index contributed by atoms with van der Waals surface area (Å²) < 4.78 is 10.9. The van der Waals surface area contributed by atoms with E-state index in [0.29, 0.717) is 36.7 Å². The quantitative estimate of drug-likeness (QED) is 0.729. The van der Waals surface area contributed by atoms with Crippen molar-refractivity contribution in [3.05, 3.63) is 51.9 Å². The first kappa shape index (κ1) is 21.8. The maximum atomic E-state index is 13.0. The zero-order valence-corrected chi connectivity index (χ0v) is 19.1.